The van der Waals surface area contributed by atoms with Gasteiger partial charge in [0.25, 0.3) is 11.1 Å². The smallest absolute Gasteiger partial charge is 0.335 e. The predicted octanol–water partition coefficient (Wildman–Crippen LogP) is 0.628. The number of carbonyl (C=O) groups excluding carboxylic acids is 2. The molecule has 16 nitrogen and oxygen atoms in total. The first-order chi connectivity index (χ1) is 22.6. The van der Waals surface area contributed by atoms with Crippen LogP contribution in [0.2, 0.25) is 0 Å². The fourth-order valence-corrected chi connectivity index (χ4v) is 5.66. The van der Waals surface area contributed by atoms with Crippen LogP contribution in [0.25, 0.3) is 0 Å². The maximum atomic E-state index is 12.5. The lowest BCUT2D eigenvalue weighted by Gasteiger charge is -2.34. The van der Waals surface area contributed by atoms with Crippen molar-refractivity contribution in [3.63, 3.8) is 0 Å². The first-order valence-corrected chi connectivity index (χ1v) is 16.0. The highest BCUT2D eigenvalue weighted by atomic mass is 16.6. The molecule has 4 unspecified atom stereocenters. The Morgan fingerprint density at radius 2 is 1.70 bits per heavy atom. The second-order valence-electron chi connectivity index (χ2n) is 11.7. The molecule has 0 bridgehead atoms. The van der Waals surface area contributed by atoms with Gasteiger partial charge in [-0.3, -0.25) is 28.9 Å². The summed E-state index contributed by atoms with van der Waals surface area (Å²) in [4.78, 5) is 74.1. The average Bonchev–Trinajstić information content (AvgIpc) is 3.78. The lowest BCUT2D eigenvalue weighted by atomic mass is 9.78. The molecule has 3 saturated heterocycles. The van der Waals surface area contributed by atoms with Gasteiger partial charge in [0, 0.05) is 58.0 Å². The van der Waals surface area contributed by atoms with Gasteiger partial charge in [-0.25, -0.2) is 14.4 Å². The number of hydrogen-bond acceptors (Lipinski definition) is 12. The number of nitrogens with zero attached hydrogens (tertiary/aromatic N) is 2. The lowest BCUT2D eigenvalue weighted by molar-refractivity contribution is -0.166. The zero-order chi connectivity index (χ0) is 33.8. The summed E-state index contributed by atoms with van der Waals surface area (Å²) in [5.41, 5.74) is -2.30. The highest BCUT2D eigenvalue weighted by Crippen LogP contribution is 2.36. The number of nitrogens with one attached hydrogen (secondary N) is 2. The van der Waals surface area contributed by atoms with Crippen molar-refractivity contribution in [2.75, 3.05) is 40.1 Å². The summed E-state index contributed by atoms with van der Waals surface area (Å²) >= 11 is 0. The van der Waals surface area contributed by atoms with Gasteiger partial charge >= 0.3 is 23.3 Å². The number of rotatable bonds is 12. The quantitative estimate of drug-likeness (QED) is 0.301. The molecule has 2 aromatic rings. The van der Waals surface area contributed by atoms with Gasteiger partial charge < -0.3 is 33.0 Å². The van der Waals surface area contributed by atoms with E-state index >= 15 is 0 Å². The molecule has 0 radical (unpaired) electrons. The van der Waals surface area contributed by atoms with Gasteiger partial charge in [0.1, 0.15) is 19.4 Å². The lowest BCUT2D eigenvalue weighted by Crippen LogP contribution is -2.39. The van der Waals surface area contributed by atoms with E-state index in [9.17, 15) is 28.8 Å². The monoisotopic (exact) mass is 664 g/mol. The molecule has 2 aromatic heterocycles. The molecule has 5 heterocycles. The Balaban J connectivity index is 0.000000215. The number of esters is 2. The minimum Gasteiger partial charge on any atom is -0.462 e. The SMILES string of the molecule is CCC1(C(=O)OCC2CCC(n3ccc(=O)[nH]c3=O)O2)CCOCC1.COC(CCn1ccc(=O)[nH]c1=O)COC(=O)C1CCCO1. The van der Waals surface area contributed by atoms with Crippen LogP contribution in [-0.4, -0.2) is 89.5 Å². The Morgan fingerprint density at radius 1 is 0.979 bits per heavy atom. The molecular formula is C31H44N4O12. The van der Waals surface area contributed by atoms with Gasteiger partial charge in [-0.1, -0.05) is 6.92 Å². The van der Waals surface area contributed by atoms with E-state index < -0.39 is 40.2 Å². The average molecular weight is 665 g/mol. The molecule has 0 saturated carbocycles. The Labute approximate surface area is 270 Å². The van der Waals surface area contributed by atoms with E-state index in [1.165, 1.54) is 40.8 Å². The molecule has 47 heavy (non-hydrogen) atoms. The molecule has 3 fully saturated rings. The van der Waals surface area contributed by atoms with Crippen LogP contribution in [0.15, 0.2) is 43.7 Å². The number of aryl methyl sites for hydroxylation is 1. The number of ether oxygens (including phenoxy) is 6. The Kier molecular flexibility index (Phi) is 13.3. The number of hydrogen-bond donors (Lipinski definition) is 2. The van der Waals surface area contributed by atoms with E-state index in [-0.39, 0.29) is 37.4 Å². The molecule has 0 spiro atoms. The molecule has 16 heteroatoms. The topological polar surface area (TPSA) is 199 Å². The molecule has 5 rings (SSSR count). The zero-order valence-corrected chi connectivity index (χ0v) is 26.8. The van der Waals surface area contributed by atoms with Crippen LogP contribution in [0.4, 0.5) is 0 Å². The summed E-state index contributed by atoms with van der Waals surface area (Å²) in [7, 11) is 1.51. The molecule has 2 N–H and O–H groups in total. The molecule has 0 aliphatic carbocycles. The van der Waals surface area contributed by atoms with E-state index in [1.54, 1.807) is 0 Å². The summed E-state index contributed by atoms with van der Waals surface area (Å²) in [6.45, 7) is 4.38. The second-order valence-corrected chi connectivity index (χ2v) is 11.7. The fourth-order valence-electron chi connectivity index (χ4n) is 5.66. The summed E-state index contributed by atoms with van der Waals surface area (Å²) in [5.74, 6) is -0.563. The van der Waals surface area contributed by atoms with Gasteiger partial charge in [0.2, 0.25) is 0 Å². The number of aromatic nitrogens is 4. The van der Waals surface area contributed by atoms with Crippen LogP contribution in [0, 0.1) is 5.41 Å². The van der Waals surface area contributed by atoms with Crippen LogP contribution in [0.3, 0.4) is 0 Å². The molecule has 3 aliphatic rings. The Bertz CT molecular complexity index is 1550. The number of aromatic amines is 2. The van der Waals surface area contributed by atoms with Crippen molar-refractivity contribution in [3.8, 4) is 0 Å². The summed E-state index contributed by atoms with van der Waals surface area (Å²) in [5, 5.41) is 0. The minimum atomic E-state index is -0.498. The maximum Gasteiger partial charge on any atom is 0.335 e. The number of methoxy groups -OCH3 is 1. The van der Waals surface area contributed by atoms with Crippen LogP contribution < -0.4 is 22.5 Å². The van der Waals surface area contributed by atoms with Crippen molar-refractivity contribution in [1.29, 1.82) is 0 Å². The fraction of sp³-hybridized carbons (Fsp3) is 0.677. The third-order valence-corrected chi connectivity index (χ3v) is 8.73. The second kappa shape index (κ2) is 17.3. The number of H-pyrrole nitrogens is 2. The van der Waals surface area contributed by atoms with Crippen LogP contribution >= 0.6 is 0 Å². The van der Waals surface area contributed by atoms with Gasteiger partial charge in [-0.2, -0.15) is 0 Å². The third-order valence-electron chi connectivity index (χ3n) is 8.73. The zero-order valence-electron chi connectivity index (χ0n) is 26.8. The largest absolute Gasteiger partial charge is 0.462 e. The van der Waals surface area contributed by atoms with Crippen LogP contribution in [-0.2, 0) is 44.6 Å². The van der Waals surface area contributed by atoms with Gasteiger partial charge in [0.15, 0.2) is 6.10 Å². The van der Waals surface area contributed by atoms with Crippen molar-refractivity contribution in [1.82, 2.24) is 19.1 Å². The molecule has 3 aliphatic heterocycles. The molecule has 0 aromatic carbocycles. The Morgan fingerprint density at radius 3 is 2.34 bits per heavy atom. The summed E-state index contributed by atoms with van der Waals surface area (Å²) in [6, 6.07) is 2.56. The van der Waals surface area contributed by atoms with Gasteiger partial charge in [-0.05, 0) is 51.4 Å². The third kappa shape index (κ3) is 10.1. The van der Waals surface area contributed by atoms with Crippen molar-refractivity contribution < 1.29 is 38.0 Å². The van der Waals surface area contributed by atoms with Gasteiger partial charge in [0.05, 0.1) is 17.6 Å². The summed E-state index contributed by atoms with van der Waals surface area (Å²) < 4.78 is 35.1. The molecular weight excluding hydrogens is 620 g/mol. The standard InChI is InChI=1S/C17H24N2O6.C14H20N2O6/c1-2-17(6-9-23-10-7-17)15(21)24-11-12-3-4-14(25-12)19-8-5-13(20)18-16(19)22;1-20-10(9-22-13(18)11-3-2-8-21-11)4-6-16-7-5-12(17)15-14(16)19/h5,8,12,14H,2-4,6-7,9-11H2,1H3,(H,18,20,22);5,7,10-11H,2-4,6,8-9H2,1H3,(H,15,17,19). The Hall–Kier alpha value is -3.86. The van der Waals surface area contributed by atoms with Crippen molar-refractivity contribution >= 4 is 11.9 Å². The minimum absolute atomic E-state index is 0.104. The first kappa shape index (κ1) is 36.0. The van der Waals surface area contributed by atoms with Crippen LogP contribution in [0.1, 0.15) is 64.5 Å². The normalized spacial score (nSPS) is 22.6. The first-order valence-electron chi connectivity index (χ1n) is 16.0. The van der Waals surface area contributed by atoms with Crippen molar-refractivity contribution in [2.45, 2.75) is 89.4 Å². The predicted molar refractivity (Wildman–Crippen MR) is 165 cm³/mol. The number of carbonyl (C=O) groups is 2. The maximum absolute atomic E-state index is 12.5. The van der Waals surface area contributed by atoms with Gasteiger partial charge in [-0.15, -0.1) is 0 Å². The molecule has 4 atom stereocenters. The van der Waals surface area contributed by atoms with E-state index in [0.717, 1.165) is 12.8 Å². The van der Waals surface area contributed by atoms with Crippen LogP contribution in [0.5, 0.6) is 0 Å². The molecule has 0 amide bonds. The van der Waals surface area contributed by atoms with E-state index in [0.29, 0.717) is 64.9 Å². The van der Waals surface area contributed by atoms with Crippen molar-refractivity contribution in [2.24, 2.45) is 5.41 Å². The van der Waals surface area contributed by atoms with E-state index in [4.69, 9.17) is 28.4 Å². The highest BCUT2D eigenvalue weighted by molar-refractivity contribution is 5.77. The van der Waals surface area contributed by atoms with Crippen molar-refractivity contribution in [3.05, 3.63) is 66.2 Å². The summed E-state index contributed by atoms with van der Waals surface area (Å²) in [6.07, 6.45) is 6.78. The molecule has 260 valence electrons. The van der Waals surface area contributed by atoms with E-state index in [2.05, 4.69) is 9.97 Å². The van der Waals surface area contributed by atoms with E-state index in [1.807, 2.05) is 6.92 Å². The highest BCUT2D eigenvalue weighted by Gasteiger charge is 2.40.